The van der Waals surface area contributed by atoms with Crippen LogP contribution in [0.5, 0.6) is 0 Å². The third kappa shape index (κ3) is 4.01. The van der Waals surface area contributed by atoms with Gasteiger partial charge in [0.15, 0.2) is 0 Å². The van der Waals surface area contributed by atoms with E-state index >= 15 is 0 Å². The lowest BCUT2D eigenvalue weighted by Gasteiger charge is -2.61. The topological polar surface area (TPSA) is 92.7 Å². The van der Waals surface area contributed by atoms with Crippen molar-refractivity contribution in [3.8, 4) is 0 Å². The maximum absolute atomic E-state index is 12.2. The Morgan fingerprint density at radius 3 is 2.28 bits per heavy atom. The molecule has 0 aromatic carbocycles. The number of rotatable bonds is 2. The Bertz CT molecular complexity index is 767. The molecule has 6 heteroatoms. The fourth-order valence-corrected chi connectivity index (χ4v) is 8.67. The first-order valence-corrected chi connectivity index (χ1v) is 12.7. The summed E-state index contributed by atoms with van der Waals surface area (Å²) >= 11 is 0. The summed E-state index contributed by atoms with van der Waals surface area (Å²) in [5.41, 5.74) is 0.948. The van der Waals surface area contributed by atoms with E-state index in [1.807, 2.05) is 6.92 Å². The van der Waals surface area contributed by atoms with Gasteiger partial charge in [-0.3, -0.25) is 14.9 Å². The lowest BCUT2D eigenvalue weighted by Crippen LogP contribution is -2.53. The molecule has 0 amide bonds. The minimum atomic E-state index is -1.17. The molecule has 1 saturated heterocycles. The average Bonchev–Trinajstić information content (AvgIpc) is 3.32. The van der Waals surface area contributed by atoms with E-state index in [0.717, 1.165) is 29.6 Å². The molecule has 1 aliphatic heterocycles. The molecular formula is C26H41NO5. The van der Waals surface area contributed by atoms with Crippen LogP contribution in [0.1, 0.15) is 85.5 Å². The molecule has 180 valence electrons. The summed E-state index contributed by atoms with van der Waals surface area (Å²) in [6, 6.07) is 0. The summed E-state index contributed by atoms with van der Waals surface area (Å²) in [4.78, 5) is 32.4. The van der Waals surface area contributed by atoms with Gasteiger partial charge in [0.25, 0.3) is 6.23 Å². The zero-order valence-electron chi connectivity index (χ0n) is 20.2. The van der Waals surface area contributed by atoms with Crippen LogP contribution in [0.4, 0.5) is 0 Å². The lowest BCUT2D eigenvalue weighted by molar-refractivity contribution is -0.157. The van der Waals surface area contributed by atoms with Gasteiger partial charge in [-0.1, -0.05) is 27.2 Å². The zero-order valence-corrected chi connectivity index (χ0v) is 20.2. The third-order valence-corrected chi connectivity index (χ3v) is 10.3. The van der Waals surface area contributed by atoms with E-state index in [9.17, 15) is 14.4 Å². The molecule has 0 spiro atoms. The van der Waals surface area contributed by atoms with Gasteiger partial charge in [0.1, 0.15) is 5.78 Å². The number of fused-ring (bicyclic) bond motifs is 5. The summed E-state index contributed by atoms with van der Waals surface area (Å²) in [5.74, 6) is 3.81. The van der Waals surface area contributed by atoms with Crippen LogP contribution in [0.25, 0.3) is 0 Å². The van der Waals surface area contributed by atoms with Gasteiger partial charge in [-0.05, 0) is 98.7 Å². The lowest BCUT2D eigenvalue weighted by atomic mass is 9.44. The van der Waals surface area contributed by atoms with Crippen LogP contribution >= 0.6 is 0 Å². The molecule has 0 bridgehead atoms. The Kier molecular flexibility index (Phi) is 6.47. The predicted octanol–water partition coefficient (Wildman–Crippen LogP) is 4.41. The highest BCUT2D eigenvalue weighted by Gasteiger charge is 2.60. The van der Waals surface area contributed by atoms with Crippen molar-refractivity contribution in [2.24, 2.45) is 46.3 Å². The Labute approximate surface area is 192 Å². The third-order valence-electron chi connectivity index (χ3n) is 10.3. The molecule has 2 N–H and O–H groups in total. The van der Waals surface area contributed by atoms with E-state index in [1.54, 1.807) is 0 Å². The molecule has 5 aliphatic rings. The van der Waals surface area contributed by atoms with E-state index in [1.165, 1.54) is 57.8 Å². The highest BCUT2D eigenvalue weighted by atomic mass is 16.6. The van der Waals surface area contributed by atoms with Gasteiger partial charge < -0.3 is 9.84 Å². The average molecular weight is 448 g/mol. The van der Waals surface area contributed by atoms with E-state index in [4.69, 9.17) is 5.11 Å². The van der Waals surface area contributed by atoms with Crippen LogP contribution < -0.4 is 5.32 Å². The number of nitrogens with one attached hydrogen (secondary N) is 1. The van der Waals surface area contributed by atoms with Crippen LogP contribution in [-0.2, 0) is 19.1 Å². The molecule has 0 aromatic rings. The number of cyclic esters (lactones) is 1. The number of Topliss-reactive ketones (excluding diaryl/α,β-unsaturated/α-hetero) is 1. The Morgan fingerprint density at radius 1 is 1.00 bits per heavy atom. The minimum absolute atomic E-state index is 0.0169. The van der Waals surface area contributed by atoms with Crippen LogP contribution in [0, 0.1) is 46.3 Å². The quantitative estimate of drug-likeness (QED) is 0.609. The summed E-state index contributed by atoms with van der Waals surface area (Å²) in [6.07, 6.45) is 11.4. The Balaban J connectivity index is 0.000000230. The first-order valence-electron chi connectivity index (χ1n) is 12.7. The second-order valence-electron chi connectivity index (χ2n) is 11.9. The SMILES string of the molecule is CC(=O)C1CCC2C3CCC4CC(C)CCC4(C)C3CCC12C.O=C1CNC(C(=O)O)O1. The molecule has 4 saturated carbocycles. The number of ketones is 1. The van der Waals surface area contributed by atoms with E-state index in [2.05, 4.69) is 30.8 Å². The van der Waals surface area contributed by atoms with Gasteiger partial charge in [-0.2, -0.15) is 0 Å². The second kappa shape index (κ2) is 8.73. The molecule has 9 atom stereocenters. The number of hydrogen-bond donors (Lipinski definition) is 2. The molecule has 6 nitrogen and oxygen atoms in total. The van der Waals surface area contributed by atoms with Crippen LogP contribution in [0.15, 0.2) is 0 Å². The van der Waals surface area contributed by atoms with Crippen molar-refractivity contribution >= 4 is 17.7 Å². The molecule has 0 aromatic heterocycles. The van der Waals surface area contributed by atoms with Gasteiger partial charge in [0.05, 0.1) is 6.54 Å². The smallest absolute Gasteiger partial charge is 0.360 e. The summed E-state index contributed by atoms with van der Waals surface area (Å²) in [6.45, 7) is 9.44. The first kappa shape index (κ1) is 23.7. The maximum Gasteiger partial charge on any atom is 0.360 e. The van der Waals surface area contributed by atoms with Gasteiger partial charge in [-0.15, -0.1) is 0 Å². The van der Waals surface area contributed by atoms with Gasteiger partial charge in [-0.25, -0.2) is 4.79 Å². The standard InChI is InChI=1S/C22H36O.C4H5NO4/c1-14-9-11-21(3)16(13-14)5-6-17-19-8-7-18(15(2)23)22(19,4)12-10-20(17)21;6-2-1-5-3(9-2)4(7)8/h14,16-20H,5-13H2,1-4H3;3,5H,1H2,(H,7,8). The fourth-order valence-electron chi connectivity index (χ4n) is 8.67. The highest BCUT2D eigenvalue weighted by Crippen LogP contribution is 2.67. The van der Waals surface area contributed by atoms with Crippen molar-refractivity contribution in [2.75, 3.05) is 6.54 Å². The van der Waals surface area contributed by atoms with Gasteiger partial charge in [0, 0.05) is 5.92 Å². The molecule has 32 heavy (non-hydrogen) atoms. The number of aliphatic carboxylic acids is 1. The van der Waals surface area contributed by atoms with E-state index in [-0.39, 0.29) is 6.54 Å². The summed E-state index contributed by atoms with van der Waals surface area (Å²) < 4.78 is 4.27. The normalized spacial score (nSPS) is 47.2. The van der Waals surface area contributed by atoms with E-state index in [0.29, 0.717) is 22.5 Å². The Hall–Kier alpha value is -1.43. The predicted molar refractivity (Wildman–Crippen MR) is 121 cm³/mol. The second-order valence-corrected chi connectivity index (χ2v) is 11.9. The molecular weight excluding hydrogens is 406 g/mol. The molecule has 5 fully saturated rings. The first-order chi connectivity index (χ1) is 15.1. The van der Waals surface area contributed by atoms with Gasteiger partial charge in [0.2, 0.25) is 0 Å². The number of carbonyl (C=O) groups excluding carboxylic acids is 2. The van der Waals surface area contributed by atoms with Crippen molar-refractivity contribution in [2.45, 2.75) is 91.7 Å². The number of esters is 1. The van der Waals surface area contributed by atoms with E-state index < -0.39 is 18.2 Å². The van der Waals surface area contributed by atoms with Gasteiger partial charge >= 0.3 is 11.9 Å². The highest BCUT2D eigenvalue weighted by molar-refractivity contribution is 5.82. The van der Waals surface area contributed by atoms with Crippen molar-refractivity contribution in [3.05, 3.63) is 0 Å². The van der Waals surface area contributed by atoms with Crippen molar-refractivity contribution in [1.82, 2.24) is 5.32 Å². The maximum atomic E-state index is 12.2. The number of hydrogen-bond acceptors (Lipinski definition) is 5. The summed E-state index contributed by atoms with van der Waals surface area (Å²) in [5, 5.41) is 10.5. The van der Waals surface area contributed by atoms with Crippen LogP contribution in [0.2, 0.25) is 0 Å². The monoisotopic (exact) mass is 447 g/mol. The molecule has 0 radical (unpaired) electrons. The number of carbonyl (C=O) groups is 3. The molecule has 4 aliphatic carbocycles. The van der Waals surface area contributed by atoms with Crippen LogP contribution in [0.3, 0.4) is 0 Å². The minimum Gasteiger partial charge on any atom is -0.477 e. The molecule has 1 heterocycles. The number of carboxylic acids is 1. The van der Waals surface area contributed by atoms with Crippen molar-refractivity contribution in [1.29, 1.82) is 0 Å². The largest absolute Gasteiger partial charge is 0.477 e. The molecule has 5 rings (SSSR count). The number of carboxylic acid groups (broad SMARTS) is 1. The van der Waals surface area contributed by atoms with Crippen molar-refractivity contribution in [3.63, 3.8) is 0 Å². The van der Waals surface area contributed by atoms with Crippen molar-refractivity contribution < 1.29 is 24.2 Å². The Morgan fingerprint density at radius 2 is 1.69 bits per heavy atom. The molecule has 9 unspecified atom stereocenters. The zero-order chi connectivity index (χ0) is 23.3. The fraction of sp³-hybridized carbons (Fsp3) is 0.885. The van der Waals surface area contributed by atoms with Crippen LogP contribution in [-0.4, -0.2) is 35.6 Å². The summed E-state index contributed by atoms with van der Waals surface area (Å²) in [7, 11) is 0. The number of ether oxygens (including phenoxy) is 1.